The molecule has 4 saturated carbocycles. The van der Waals surface area contributed by atoms with Crippen LogP contribution in [0, 0.1) is 58.2 Å². The summed E-state index contributed by atoms with van der Waals surface area (Å²) in [5.74, 6) is 5.29. The van der Waals surface area contributed by atoms with Crippen LogP contribution < -0.4 is 0 Å². The molecule has 2 unspecified atom stereocenters. The molecule has 4 aliphatic rings. The van der Waals surface area contributed by atoms with Gasteiger partial charge >= 0.3 is 0 Å². The first-order valence-electron chi connectivity index (χ1n) is 13.2. The zero-order valence-electron chi connectivity index (χ0n) is 20.3. The molecule has 170 valence electrons. The number of fused-ring (bicyclic) bond motifs is 5. The molecule has 0 heterocycles. The molecule has 0 radical (unpaired) electrons. The van der Waals surface area contributed by atoms with Crippen molar-refractivity contribution in [3.63, 3.8) is 0 Å². The first kappa shape index (κ1) is 22.5. The van der Waals surface area contributed by atoms with Crippen LogP contribution in [0.5, 0.6) is 0 Å². The minimum Gasteiger partial charge on any atom is -0.303 e. The first-order chi connectivity index (χ1) is 14.2. The quantitative estimate of drug-likeness (QED) is 0.434. The molecule has 0 bridgehead atoms. The number of aldehydes is 1. The summed E-state index contributed by atoms with van der Waals surface area (Å²) in [7, 11) is 0. The van der Waals surface area contributed by atoms with Crippen molar-refractivity contribution in [3.05, 3.63) is 0 Å². The Morgan fingerprint density at radius 3 is 2.40 bits per heavy atom. The van der Waals surface area contributed by atoms with E-state index < -0.39 is 0 Å². The van der Waals surface area contributed by atoms with Gasteiger partial charge in [0.15, 0.2) is 0 Å². The van der Waals surface area contributed by atoms with Crippen LogP contribution in [0.25, 0.3) is 0 Å². The van der Waals surface area contributed by atoms with Gasteiger partial charge in [0, 0.05) is 18.3 Å². The average Bonchev–Trinajstić information content (AvgIpc) is 2.96. The van der Waals surface area contributed by atoms with Crippen molar-refractivity contribution >= 4 is 12.1 Å². The third-order valence-electron chi connectivity index (χ3n) is 10.8. The molecule has 0 saturated heterocycles. The molecule has 0 amide bonds. The van der Waals surface area contributed by atoms with Crippen molar-refractivity contribution in [1.29, 1.82) is 0 Å². The molecule has 0 spiro atoms. The second-order valence-corrected chi connectivity index (χ2v) is 12.8. The predicted octanol–water partition coefficient (Wildman–Crippen LogP) is 7.10. The smallest absolute Gasteiger partial charge is 0.137 e. The Balaban J connectivity index is 1.52. The van der Waals surface area contributed by atoms with Gasteiger partial charge in [0.25, 0.3) is 0 Å². The molecule has 9 atom stereocenters. The Morgan fingerprint density at radius 2 is 1.70 bits per heavy atom. The fraction of sp³-hybridized carbons (Fsp3) is 0.929. The highest BCUT2D eigenvalue weighted by Crippen LogP contribution is 2.68. The zero-order valence-corrected chi connectivity index (χ0v) is 20.3. The fourth-order valence-electron chi connectivity index (χ4n) is 9.34. The van der Waals surface area contributed by atoms with Crippen LogP contribution in [0.4, 0.5) is 0 Å². The normalized spacial score (nSPS) is 46.8. The maximum Gasteiger partial charge on any atom is 0.137 e. The summed E-state index contributed by atoms with van der Waals surface area (Å²) >= 11 is 0. The van der Waals surface area contributed by atoms with Crippen LogP contribution >= 0.6 is 0 Å². The number of hydrogen-bond donors (Lipinski definition) is 0. The maximum atomic E-state index is 13.4. The Hall–Kier alpha value is -0.660. The summed E-state index contributed by atoms with van der Waals surface area (Å²) in [5.41, 5.74) is 0.551. The highest BCUT2D eigenvalue weighted by atomic mass is 16.1. The molecular formula is C28H46O2. The second kappa shape index (κ2) is 8.36. The van der Waals surface area contributed by atoms with E-state index in [1.165, 1.54) is 57.7 Å². The number of hydrogen-bond acceptors (Lipinski definition) is 2. The number of carbonyl (C=O) groups excluding carboxylic acids is 2. The van der Waals surface area contributed by atoms with Gasteiger partial charge in [-0.3, -0.25) is 4.79 Å². The summed E-state index contributed by atoms with van der Waals surface area (Å²) in [4.78, 5) is 25.0. The minimum atomic E-state index is 0.220. The van der Waals surface area contributed by atoms with Crippen LogP contribution in [0.2, 0.25) is 0 Å². The molecule has 0 aromatic rings. The molecule has 0 aromatic heterocycles. The van der Waals surface area contributed by atoms with Crippen molar-refractivity contribution in [2.75, 3.05) is 0 Å². The van der Waals surface area contributed by atoms with E-state index in [4.69, 9.17) is 0 Å². The van der Waals surface area contributed by atoms with Gasteiger partial charge in [0.1, 0.15) is 12.1 Å². The standard InChI is InChI=1S/C28H46O2/c1-18(2)7-6-8-19(3)26-25(30)15-24-22-12-11-21-10-9-20(17-29)16-28(21,5)23(22)13-14-27(24,26)4/h17-24,26H,6-16H2,1-5H3/t19-,20?,21?,22-,23+,24+,26+,27+,28+/m1/s1. The Kier molecular flexibility index (Phi) is 6.28. The summed E-state index contributed by atoms with van der Waals surface area (Å²) in [6, 6.07) is 0. The van der Waals surface area contributed by atoms with Crippen molar-refractivity contribution in [2.45, 2.75) is 105 Å². The zero-order chi connectivity index (χ0) is 21.7. The Bertz CT molecular complexity index is 653. The fourth-order valence-corrected chi connectivity index (χ4v) is 9.34. The van der Waals surface area contributed by atoms with Crippen LogP contribution in [-0.2, 0) is 9.59 Å². The van der Waals surface area contributed by atoms with E-state index in [1.807, 2.05) is 0 Å². The first-order valence-corrected chi connectivity index (χ1v) is 13.2. The minimum absolute atomic E-state index is 0.220. The molecule has 0 N–H and O–H groups in total. The highest BCUT2D eigenvalue weighted by molar-refractivity contribution is 5.85. The van der Waals surface area contributed by atoms with Crippen LogP contribution in [0.1, 0.15) is 105 Å². The van der Waals surface area contributed by atoms with Crippen molar-refractivity contribution in [2.24, 2.45) is 58.2 Å². The molecule has 30 heavy (non-hydrogen) atoms. The van der Waals surface area contributed by atoms with Gasteiger partial charge < -0.3 is 4.79 Å². The number of Topliss-reactive ketones (excluding diaryl/α,β-unsaturated/α-hetero) is 1. The lowest BCUT2D eigenvalue weighted by atomic mass is 9.44. The summed E-state index contributed by atoms with van der Waals surface area (Å²) < 4.78 is 0. The topological polar surface area (TPSA) is 34.1 Å². The summed E-state index contributed by atoms with van der Waals surface area (Å²) in [5, 5.41) is 0. The number of rotatable bonds is 6. The maximum absolute atomic E-state index is 13.4. The second-order valence-electron chi connectivity index (χ2n) is 12.8. The van der Waals surface area contributed by atoms with E-state index in [9.17, 15) is 9.59 Å². The van der Waals surface area contributed by atoms with Gasteiger partial charge in [-0.05, 0) is 97.7 Å². The van der Waals surface area contributed by atoms with E-state index in [2.05, 4.69) is 34.6 Å². The Morgan fingerprint density at radius 1 is 0.967 bits per heavy atom. The lowest BCUT2D eigenvalue weighted by molar-refractivity contribution is -0.134. The van der Waals surface area contributed by atoms with E-state index in [1.54, 1.807) is 0 Å². The van der Waals surface area contributed by atoms with Gasteiger partial charge in [-0.15, -0.1) is 0 Å². The average molecular weight is 415 g/mol. The van der Waals surface area contributed by atoms with E-state index in [0.717, 1.165) is 37.0 Å². The largest absolute Gasteiger partial charge is 0.303 e. The summed E-state index contributed by atoms with van der Waals surface area (Å²) in [6.07, 6.45) is 14.5. The third-order valence-corrected chi connectivity index (χ3v) is 10.8. The number of ketones is 1. The molecule has 0 aliphatic heterocycles. The van der Waals surface area contributed by atoms with Crippen molar-refractivity contribution in [1.82, 2.24) is 0 Å². The molecule has 4 rings (SSSR count). The van der Waals surface area contributed by atoms with Crippen molar-refractivity contribution < 1.29 is 9.59 Å². The molecule has 2 nitrogen and oxygen atoms in total. The lowest BCUT2D eigenvalue weighted by Gasteiger charge is -2.61. The van der Waals surface area contributed by atoms with Gasteiger partial charge in [-0.25, -0.2) is 0 Å². The lowest BCUT2D eigenvalue weighted by Crippen LogP contribution is -2.54. The summed E-state index contributed by atoms with van der Waals surface area (Å²) in [6.45, 7) is 12.0. The van der Waals surface area contributed by atoms with E-state index >= 15 is 0 Å². The van der Waals surface area contributed by atoms with Gasteiger partial charge in [-0.1, -0.05) is 47.5 Å². The number of carbonyl (C=O) groups is 2. The third kappa shape index (κ3) is 3.62. The molecular weight excluding hydrogens is 368 g/mol. The van der Waals surface area contributed by atoms with Crippen molar-refractivity contribution in [3.8, 4) is 0 Å². The highest BCUT2D eigenvalue weighted by Gasteiger charge is 2.62. The monoisotopic (exact) mass is 414 g/mol. The van der Waals surface area contributed by atoms with Crippen LogP contribution in [-0.4, -0.2) is 12.1 Å². The molecule has 4 aliphatic carbocycles. The predicted molar refractivity (Wildman–Crippen MR) is 123 cm³/mol. The molecule has 4 fully saturated rings. The van der Waals surface area contributed by atoms with Gasteiger partial charge in [0.05, 0.1) is 0 Å². The van der Waals surface area contributed by atoms with E-state index in [0.29, 0.717) is 29.0 Å². The van der Waals surface area contributed by atoms with Gasteiger partial charge in [-0.2, -0.15) is 0 Å². The molecule has 0 aromatic carbocycles. The Labute approximate surface area is 185 Å². The SMILES string of the molecule is CC(C)CCC[C@@H](C)[C@H]1C(=O)C[C@H]2[C@@H]3CCC4CCC(C=O)C[C@]4(C)[C@H]3CC[C@]12C. The molecule has 2 heteroatoms. The van der Waals surface area contributed by atoms with Gasteiger partial charge in [0.2, 0.25) is 0 Å². The van der Waals surface area contributed by atoms with E-state index in [-0.39, 0.29) is 17.3 Å². The van der Waals surface area contributed by atoms with Crippen LogP contribution in [0.3, 0.4) is 0 Å². The van der Waals surface area contributed by atoms with Crippen LogP contribution in [0.15, 0.2) is 0 Å².